The van der Waals surface area contributed by atoms with Gasteiger partial charge in [-0.3, -0.25) is 4.79 Å². The summed E-state index contributed by atoms with van der Waals surface area (Å²) in [6.07, 6.45) is 3.56. The highest BCUT2D eigenvalue weighted by Crippen LogP contribution is 2.32. The first kappa shape index (κ1) is 18.4. The summed E-state index contributed by atoms with van der Waals surface area (Å²) in [6.45, 7) is 7.13. The van der Waals surface area contributed by atoms with Crippen molar-refractivity contribution in [1.82, 2.24) is 5.32 Å². The van der Waals surface area contributed by atoms with Crippen molar-refractivity contribution < 1.29 is 13.2 Å². The molecule has 1 rings (SSSR count). The molecule has 1 heterocycles. The van der Waals surface area contributed by atoms with Crippen molar-refractivity contribution in [2.75, 3.05) is 18.1 Å². The van der Waals surface area contributed by atoms with Gasteiger partial charge in [-0.2, -0.15) is 0 Å². The topological polar surface area (TPSA) is 89.3 Å². The number of nitrogens with two attached hydrogens (primary N) is 1. The lowest BCUT2D eigenvalue weighted by atomic mass is 9.76. The number of nitrogens with one attached hydrogen (secondary N) is 1. The summed E-state index contributed by atoms with van der Waals surface area (Å²) in [4.78, 5) is 12.0. The molecule has 5 nitrogen and oxygen atoms in total. The van der Waals surface area contributed by atoms with Gasteiger partial charge in [0.15, 0.2) is 9.84 Å². The Morgan fingerprint density at radius 1 is 1.33 bits per heavy atom. The lowest BCUT2D eigenvalue weighted by molar-refractivity contribution is -0.122. The molecule has 0 aromatic carbocycles. The molecule has 2 unspecified atom stereocenters. The largest absolute Gasteiger partial charge is 0.352 e. The number of amides is 1. The average Bonchev–Trinajstić information content (AvgIpc) is 2.31. The molecule has 0 bridgehead atoms. The Balaban J connectivity index is 2.43. The Morgan fingerprint density at radius 2 is 2.00 bits per heavy atom. The first-order valence-electron chi connectivity index (χ1n) is 7.84. The Hall–Kier alpha value is -0.620. The molecule has 3 N–H and O–H groups in total. The molecule has 124 valence electrons. The van der Waals surface area contributed by atoms with Gasteiger partial charge in [0.25, 0.3) is 0 Å². The number of sulfone groups is 1. The van der Waals surface area contributed by atoms with E-state index in [9.17, 15) is 13.2 Å². The van der Waals surface area contributed by atoms with Gasteiger partial charge in [-0.1, -0.05) is 20.8 Å². The molecule has 0 aromatic rings. The van der Waals surface area contributed by atoms with Crippen LogP contribution in [0, 0.1) is 11.3 Å². The molecule has 0 radical (unpaired) electrons. The fraction of sp³-hybridized carbons (Fsp3) is 0.933. The van der Waals surface area contributed by atoms with E-state index in [1.165, 1.54) is 0 Å². The minimum Gasteiger partial charge on any atom is -0.352 e. The van der Waals surface area contributed by atoms with Crippen molar-refractivity contribution in [3.8, 4) is 0 Å². The van der Waals surface area contributed by atoms with E-state index in [0.717, 1.165) is 19.3 Å². The number of hydrogen-bond donors (Lipinski definition) is 2. The summed E-state index contributed by atoms with van der Waals surface area (Å²) in [5, 5.41) is 2.87. The van der Waals surface area contributed by atoms with Gasteiger partial charge in [0.1, 0.15) is 0 Å². The van der Waals surface area contributed by atoms with Crippen LogP contribution in [0.3, 0.4) is 0 Å². The van der Waals surface area contributed by atoms with E-state index < -0.39 is 9.84 Å². The van der Waals surface area contributed by atoms with Gasteiger partial charge < -0.3 is 11.1 Å². The summed E-state index contributed by atoms with van der Waals surface area (Å²) >= 11 is 0. The molecular weight excluding hydrogens is 288 g/mol. The van der Waals surface area contributed by atoms with Gasteiger partial charge in [0.05, 0.1) is 11.5 Å². The van der Waals surface area contributed by atoms with Crippen molar-refractivity contribution in [3.63, 3.8) is 0 Å². The van der Waals surface area contributed by atoms with E-state index in [2.05, 4.69) is 26.1 Å². The van der Waals surface area contributed by atoms with Crippen LogP contribution < -0.4 is 11.1 Å². The Labute approximate surface area is 129 Å². The number of carbonyl (C=O) groups is 1. The zero-order chi connectivity index (χ0) is 16.1. The van der Waals surface area contributed by atoms with Gasteiger partial charge in [-0.05, 0) is 43.6 Å². The molecule has 2 atom stereocenters. The van der Waals surface area contributed by atoms with Gasteiger partial charge in [-0.25, -0.2) is 8.42 Å². The summed E-state index contributed by atoms with van der Waals surface area (Å²) in [6, 6.07) is -0.209. The fourth-order valence-corrected chi connectivity index (χ4v) is 4.59. The maximum Gasteiger partial charge on any atom is 0.220 e. The van der Waals surface area contributed by atoms with Gasteiger partial charge in [0, 0.05) is 12.5 Å². The first-order valence-corrected chi connectivity index (χ1v) is 9.66. The summed E-state index contributed by atoms with van der Waals surface area (Å²) in [5.41, 5.74) is 5.78. The SMILES string of the molecule is CC(C)(C)C(CCN)CCC(=O)NC1CCCS(=O)(=O)C1. The second-order valence-corrected chi connectivity index (χ2v) is 9.43. The van der Waals surface area contributed by atoms with Crippen molar-refractivity contribution in [2.24, 2.45) is 17.1 Å². The predicted octanol–water partition coefficient (Wildman–Crippen LogP) is 1.47. The zero-order valence-corrected chi connectivity index (χ0v) is 14.3. The molecule has 1 saturated heterocycles. The van der Waals surface area contributed by atoms with Gasteiger partial charge in [-0.15, -0.1) is 0 Å². The maximum absolute atomic E-state index is 12.0. The van der Waals surface area contributed by atoms with Crippen LogP contribution >= 0.6 is 0 Å². The minimum absolute atomic E-state index is 0.0385. The van der Waals surface area contributed by atoms with Crippen LogP contribution in [0.5, 0.6) is 0 Å². The fourth-order valence-electron chi connectivity index (χ4n) is 2.95. The summed E-state index contributed by atoms with van der Waals surface area (Å²) in [5.74, 6) is 0.707. The van der Waals surface area contributed by atoms with Crippen LogP contribution in [0.15, 0.2) is 0 Å². The predicted molar refractivity (Wildman–Crippen MR) is 85.7 cm³/mol. The third kappa shape index (κ3) is 6.78. The number of carbonyl (C=O) groups excluding carboxylic acids is 1. The molecule has 0 aliphatic carbocycles. The van der Waals surface area contributed by atoms with Crippen molar-refractivity contribution >= 4 is 15.7 Å². The maximum atomic E-state index is 12.0. The molecule has 1 aliphatic rings. The summed E-state index contributed by atoms with van der Waals surface area (Å²) < 4.78 is 23.1. The number of hydrogen-bond acceptors (Lipinski definition) is 4. The smallest absolute Gasteiger partial charge is 0.220 e. The van der Waals surface area contributed by atoms with Crippen molar-refractivity contribution in [1.29, 1.82) is 0 Å². The molecule has 1 amide bonds. The Morgan fingerprint density at radius 3 is 2.52 bits per heavy atom. The van der Waals surface area contributed by atoms with Crippen molar-refractivity contribution in [3.05, 3.63) is 0 Å². The molecule has 0 aromatic heterocycles. The van der Waals surface area contributed by atoms with E-state index in [0.29, 0.717) is 25.3 Å². The van der Waals surface area contributed by atoms with Gasteiger partial charge >= 0.3 is 0 Å². The Bertz CT molecular complexity index is 440. The van der Waals surface area contributed by atoms with Crippen LogP contribution in [-0.4, -0.2) is 38.4 Å². The molecule has 6 heteroatoms. The van der Waals surface area contributed by atoms with Crippen LogP contribution in [-0.2, 0) is 14.6 Å². The second kappa shape index (κ2) is 7.58. The summed E-state index contributed by atoms with van der Waals surface area (Å²) in [7, 11) is -2.97. The monoisotopic (exact) mass is 318 g/mol. The molecule has 0 spiro atoms. The standard InChI is InChI=1S/C15H30N2O3S/c1-15(2,3)12(8-9-16)6-7-14(18)17-13-5-4-10-21(19,20)11-13/h12-13H,4-11,16H2,1-3H3,(H,17,18). The van der Waals surface area contributed by atoms with Gasteiger partial charge in [0.2, 0.25) is 5.91 Å². The van der Waals surface area contributed by atoms with Crippen LogP contribution in [0.1, 0.15) is 52.9 Å². The lowest BCUT2D eigenvalue weighted by Gasteiger charge is -2.30. The molecule has 1 aliphatic heterocycles. The van der Waals surface area contributed by atoms with Crippen molar-refractivity contribution in [2.45, 2.75) is 58.9 Å². The second-order valence-electron chi connectivity index (χ2n) is 7.20. The lowest BCUT2D eigenvalue weighted by Crippen LogP contribution is -2.43. The zero-order valence-electron chi connectivity index (χ0n) is 13.5. The third-order valence-corrected chi connectivity index (χ3v) is 6.11. The van der Waals surface area contributed by atoms with E-state index in [1.54, 1.807) is 0 Å². The number of rotatable bonds is 6. The highest BCUT2D eigenvalue weighted by atomic mass is 32.2. The highest BCUT2D eigenvalue weighted by molar-refractivity contribution is 7.91. The van der Waals surface area contributed by atoms with E-state index in [1.807, 2.05) is 0 Å². The third-order valence-electron chi connectivity index (χ3n) is 4.29. The van der Waals surface area contributed by atoms with Crippen LogP contribution in [0.2, 0.25) is 0 Å². The average molecular weight is 318 g/mol. The molecular formula is C15H30N2O3S. The molecule has 1 fully saturated rings. The highest BCUT2D eigenvalue weighted by Gasteiger charge is 2.27. The van der Waals surface area contributed by atoms with E-state index in [4.69, 9.17) is 5.73 Å². The first-order chi connectivity index (χ1) is 9.64. The minimum atomic E-state index is -2.97. The quantitative estimate of drug-likeness (QED) is 0.776. The molecule has 21 heavy (non-hydrogen) atoms. The molecule has 0 saturated carbocycles. The van der Waals surface area contributed by atoms with Crippen LogP contribution in [0.25, 0.3) is 0 Å². The Kier molecular flexibility index (Phi) is 6.66. The van der Waals surface area contributed by atoms with Crippen LogP contribution in [0.4, 0.5) is 0 Å². The van der Waals surface area contributed by atoms with E-state index >= 15 is 0 Å². The normalized spacial score (nSPS) is 23.5. The van der Waals surface area contributed by atoms with E-state index in [-0.39, 0.29) is 28.9 Å².